The number of nitrogens with one attached hydrogen (secondary N) is 2. The molecule has 0 spiro atoms. The van der Waals surface area contributed by atoms with Crippen molar-refractivity contribution in [2.24, 2.45) is 0 Å². The first-order valence-corrected chi connectivity index (χ1v) is 10.9. The molecule has 1 saturated heterocycles. The zero-order valence-corrected chi connectivity index (χ0v) is 18.8. The molecule has 8 heteroatoms. The van der Waals surface area contributed by atoms with E-state index in [1.165, 1.54) is 0 Å². The molecule has 1 fully saturated rings. The van der Waals surface area contributed by atoms with Gasteiger partial charge in [-0.15, -0.1) is 0 Å². The zero-order chi connectivity index (χ0) is 22.8. The van der Waals surface area contributed by atoms with Crippen molar-refractivity contribution in [2.45, 2.75) is 13.0 Å². The maximum Gasteiger partial charge on any atom is 0.309 e. The molecule has 0 unspecified atom stereocenters. The van der Waals surface area contributed by atoms with E-state index >= 15 is 0 Å². The van der Waals surface area contributed by atoms with E-state index in [1.54, 1.807) is 14.2 Å². The van der Waals surface area contributed by atoms with Gasteiger partial charge >= 0.3 is 11.8 Å². The van der Waals surface area contributed by atoms with Gasteiger partial charge < -0.3 is 25.0 Å². The molecule has 172 valence electrons. The van der Waals surface area contributed by atoms with E-state index in [9.17, 15) is 9.59 Å². The molecule has 0 radical (unpaired) electrons. The van der Waals surface area contributed by atoms with Crippen molar-refractivity contribution in [2.75, 3.05) is 58.4 Å². The first-order valence-electron chi connectivity index (χ1n) is 10.9. The molecule has 0 atom stereocenters. The van der Waals surface area contributed by atoms with Crippen LogP contribution in [0.1, 0.15) is 12.0 Å². The van der Waals surface area contributed by atoms with Gasteiger partial charge in [-0.25, -0.2) is 0 Å². The highest BCUT2D eigenvalue weighted by Gasteiger charge is 2.19. The van der Waals surface area contributed by atoms with Crippen LogP contribution in [0.2, 0.25) is 0 Å². The molecule has 8 nitrogen and oxygen atoms in total. The number of ether oxygens (including phenoxy) is 2. The average Bonchev–Trinajstić information content (AvgIpc) is 2.85. The summed E-state index contributed by atoms with van der Waals surface area (Å²) in [7, 11) is 3.27. The van der Waals surface area contributed by atoms with Crippen LogP contribution in [-0.4, -0.2) is 70.2 Å². The highest BCUT2D eigenvalue weighted by atomic mass is 16.5. The van der Waals surface area contributed by atoms with Crippen LogP contribution in [0, 0.1) is 0 Å². The second-order valence-electron chi connectivity index (χ2n) is 7.60. The average molecular weight is 441 g/mol. The van der Waals surface area contributed by atoms with E-state index in [2.05, 4.69) is 26.5 Å². The third-order valence-corrected chi connectivity index (χ3v) is 5.57. The summed E-state index contributed by atoms with van der Waals surface area (Å²) in [4.78, 5) is 28.8. The second kappa shape index (κ2) is 12.0. The maximum atomic E-state index is 12.0. The summed E-state index contributed by atoms with van der Waals surface area (Å²) in [6.45, 7) is 5.34. The molecule has 0 bridgehead atoms. The molecule has 3 rings (SSSR count). The van der Waals surface area contributed by atoms with Crippen LogP contribution in [-0.2, 0) is 16.1 Å². The minimum absolute atomic E-state index is 0.243. The Morgan fingerprint density at radius 3 is 2.19 bits per heavy atom. The van der Waals surface area contributed by atoms with E-state index < -0.39 is 11.8 Å². The highest BCUT2D eigenvalue weighted by Crippen LogP contribution is 2.28. The van der Waals surface area contributed by atoms with E-state index in [-0.39, 0.29) is 6.54 Å². The Hall–Kier alpha value is -3.26. The molecule has 1 heterocycles. The number of benzene rings is 2. The van der Waals surface area contributed by atoms with Crippen molar-refractivity contribution in [1.29, 1.82) is 0 Å². The SMILES string of the molecule is COc1ccccc1CNC(=O)C(=O)NCCCN1CCN(c2ccccc2OC)CC1. The number of carbonyl (C=O) groups excluding carboxylic acids is 2. The monoisotopic (exact) mass is 440 g/mol. The third kappa shape index (κ3) is 6.37. The Labute approximate surface area is 189 Å². The van der Waals surface area contributed by atoms with Crippen LogP contribution in [0.5, 0.6) is 11.5 Å². The highest BCUT2D eigenvalue weighted by molar-refractivity contribution is 6.35. The number of para-hydroxylation sites is 3. The summed E-state index contributed by atoms with van der Waals surface area (Å²) < 4.78 is 10.7. The zero-order valence-electron chi connectivity index (χ0n) is 18.8. The molecule has 2 N–H and O–H groups in total. The van der Waals surface area contributed by atoms with E-state index in [1.807, 2.05) is 42.5 Å². The fourth-order valence-electron chi connectivity index (χ4n) is 3.79. The molecule has 0 saturated carbocycles. The van der Waals surface area contributed by atoms with Gasteiger partial charge in [-0.3, -0.25) is 14.5 Å². The number of piperazine rings is 1. The van der Waals surface area contributed by atoms with Gasteiger partial charge in [0.15, 0.2) is 0 Å². The topological polar surface area (TPSA) is 83.1 Å². The van der Waals surface area contributed by atoms with Crippen LogP contribution >= 0.6 is 0 Å². The Kier molecular flexibility index (Phi) is 8.74. The second-order valence-corrected chi connectivity index (χ2v) is 7.60. The maximum absolute atomic E-state index is 12.0. The van der Waals surface area contributed by atoms with Gasteiger partial charge in [0.05, 0.1) is 19.9 Å². The summed E-state index contributed by atoms with van der Waals surface area (Å²) in [5, 5.41) is 5.34. The fourth-order valence-corrected chi connectivity index (χ4v) is 3.79. The Morgan fingerprint density at radius 1 is 0.844 bits per heavy atom. The first-order chi connectivity index (χ1) is 15.6. The molecular formula is C24H32N4O4. The lowest BCUT2D eigenvalue weighted by molar-refractivity contribution is -0.139. The number of nitrogens with zero attached hydrogens (tertiary/aromatic N) is 2. The van der Waals surface area contributed by atoms with Gasteiger partial charge in [0, 0.05) is 44.8 Å². The normalized spacial score (nSPS) is 14.0. The lowest BCUT2D eigenvalue weighted by atomic mass is 10.2. The quantitative estimate of drug-likeness (QED) is 0.456. The molecule has 1 aliphatic rings. The van der Waals surface area contributed by atoms with Crippen LogP contribution in [0.3, 0.4) is 0 Å². The lowest BCUT2D eigenvalue weighted by Gasteiger charge is -2.36. The number of anilines is 1. The smallest absolute Gasteiger partial charge is 0.309 e. The largest absolute Gasteiger partial charge is 0.496 e. The molecule has 2 amide bonds. The molecule has 0 aliphatic carbocycles. The van der Waals surface area contributed by atoms with E-state index in [0.29, 0.717) is 12.3 Å². The molecule has 2 aromatic rings. The van der Waals surface area contributed by atoms with Gasteiger partial charge in [0.1, 0.15) is 11.5 Å². The summed E-state index contributed by atoms with van der Waals surface area (Å²) in [6, 6.07) is 15.5. The van der Waals surface area contributed by atoms with Gasteiger partial charge in [-0.2, -0.15) is 0 Å². The number of rotatable bonds is 9. The molecule has 1 aliphatic heterocycles. The first kappa shape index (κ1) is 23.4. The molecular weight excluding hydrogens is 408 g/mol. The number of hydrogen-bond acceptors (Lipinski definition) is 6. The van der Waals surface area contributed by atoms with Gasteiger partial charge in [0.2, 0.25) is 0 Å². The predicted octanol–water partition coefficient (Wildman–Crippen LogP) is 1.65. The fraction of sp³-hybridized carbons (Fsp3) is 0.417. The number of methoxy groups -OCH3 is 2. The molecule has 0 aromatic heterocycles. The van der Waals surface area contributed by atoms with E-state index in [4.69, 9.17) is 9.47 Å². The van der Waals surface area contributed by atoms with Crippen molar-refractivity contribution in [3.05, 3.63) is 54.1 Å². The summed E-state index contributed by atoms with van der Waals surface area (Å²) in [5.41, 5.74) is 1.95. The third-order valence-electron chi connectivity index (χ3n) is 5.57. The van der Waals surface area contributed by atoms with Crippen molar-refractivity contribution < 1.29 is 19.1 Å². The van der Waals surface area contributed by atoms with E-state index in [0.717, 1.165) is 56.1 Å². The van der Waals surface area contributed by atoms with Crippen LogP contribution in [0.25, 0.3) is 0 Å². The summed E-state index contributed by atoms with van der Waals surface area (Å²) in [5.74, 6) is 0.328. The molecule has 2 aromatic carbocycles. The number of hydrogen-bond donors (Lipinski definition) is 2. The van der Waals surface area contributed by atoms with Crippen LogP contribution in [0.4, 0.5) is 5.69 Å². The lowest BCUT2D eigenvalue weighted by Crippen LogP contribution is -2.47. The summed E-state index contributed by atoms with van der Waals surface area (Å²) >= 11 is 0. The van der Waals surface area contributed by atoms with Crippen LogP contribution < -0.4 is 25.0 Å². The number of carbonyl (C=O) groups is 2. The van der Waals surface area contributed by atoms with Gasteiger partial charge in [-0.1, -0.05) is 30.3 Å². The number of amides is 2. The Balaban J connectivity index is 1.32. The minimum atomic E-state index is -0.638. The van der Waals surface area contributed by atoms with Gasteiger partial charge in [0.25, 0.3) is 0 Å². The van der Waals surface area contributed by atoms with Gasteiger partial charge in [-0.05, 0) is 31.2 Å². The van der Waals surface area contributed by atoms with Crippen molar-refractivity contribution >= 4 is 17.5 Å². The minimum Gasteiger partial charge on any atom is -0.496 e. The summed E-state index contributed by atoms with van der Waals surface area (Å²) in [6.07, 6.45) is 0.792. The molecule has 32 heavy (non-hydrogen) atoms. The standard InChI is InChI=1S/C24H32N4O4/c1-31-21-10-5-3-8-19(21)18-26-24(30)23(29)25-12-7-13-27-14-16-28(17-15-27)20-9-4-6-11-22(20)32-2/h3-6,8-11H,7,12-18H2,1-2H3,(H,25,29)(H,26,30). The van der Waals surface area contributed by atoms with Crippen molar-refractivity contribution in [3.8, 4) is 11.5 Å². The Bertz CT molecular complexity index is 897. The predicted molar refractivity (Wildman–Crippen MR) is 124 cm³/mol. The Morgan fingerprint density at radius 2 is 1.47 bits per heavy atom. The van der Waals surface area contributed by atoms with Crippen molar-refractivity contribution in [3.63, 3.8) is 0 Å². The van der Waals surface area contributed by atoms with Crippen molar-refractivity contribution in [1.82, 2.24) is 15.5 Å². The van der Waals surface area contributed by atoms with Crippen LogP contribution in [0.15, 0.2) is 48.5 Å².